The highest BCUT2D eigenvalue weighted by Crippen LogP contribution is 2.38. The first-order chi connectivity index (χ1) is 14.1. The van der Waals surface area contributed by atoms with E-state index >= 15 is 0 Å². The van der Waals surface area contributed by atoms with Crippen molar-refractivity contribution in [1.29, 1.82) is 0 Å². The number of hydrogen-bond acceptors (Lipinski definition) is 8. The third kappa shape index (κ3) is 3.88. The van der Waals surface area contributed by atoms with Crippen molar-refractivity contribution in [2.24, 2.45) is 5.92 Å². The second-order valence-electron chi connectivity index (χ2n) is 6.69. The molecule has 4 rings (SSSR count). The molecule has 0 saturated carbocycles. The Morgan fingerprint density at radius 3 is 3.07 bits per heavy atom. The Hall–Kier alpha value is -3.14. The molecule has 1 atom stereocenters. The van der Waals surface area contributed by atoms with Crippen molar-refractivity contribution in [3.8, 4) is 5.88 Å². The number of rotatable bonds is 4. The fraction of sp³-hybridized carbons (Fsp3) is 0.316. The number of carbonyl (C=O) groups is 1. The van der Waals surface area contributed by atoms with Gasteiger partial charge in [0.15, 0.2) is 5.65 Å². The standard InChI is InChI=1S/C19H20N6O3S/c1-10-3-4-11(19(26)27)5-6-29-18-14(10)16(20-9-21-18)23-13-7-12-8-22-25-15(12)24-17(13)28-2/h7-9,11H,1,3-6H2,2H3,(H,26,27)(H,20,21,23)(H,22,24,25)/t11-/m0/s1. The average Bonchev–Trinajstić information content (AvgIpc) is 3.18. The molecule has 0 aliphatic carbocycles. The highest BCUT2D eigenvalue weighted by Gasteiger charge is 2.24. The van der Waals surface area contributed by atoms with Crippen molar-refractivity contribution in [3.05, 3.63) is 30.7 Å². The summed E-state index contributed by atoms with van der Waals surface area (Å²) >= 11 is 1.52. The van der Waals surface area contributed by atoms with E-state index in [1.807, 2.05) is 6.07 Å². The van der Waals surface area contributed by atoms with Crippen molar-refractivity contribution in [3.63, 3.8) is 0 Å². The van der Waals surface area contributed by atoms with Gasteiger partial charge in [-0.2, -0.15) is 10.1 Å². The Morgan fingerprint density at radius 2 is 2.28 bits per heavy atom. The van der Waals surface area contributed by atoms with E-state index in [-0.39, 0.29) is 5.92 Å². The van der Waals surface area contributed by atoms with Crippen LogP contribution in [0.4, 0.5) is 11.5 Å². The first kappa shape index (κ1) is 19.2. The Balaban J connectivity index is 1.71. The number of pyridine rings is 1. The van der Waals surface area contributed by atoms with Crippen LogP contribution in [0.3, 0.4) is 0 Å². The molecule has 3 N–H and O–H groups in total. The number of aliphatic carboxylic acids is 1. The van der Waals surface area contributed by atoms with Gasteiger partial charge in [0.25, 0.3) is 0 Å². The lowest BCUT2D eigenvalue weighted by molar-refractivity contribution is -0.141. The lowest BCUT2D eigenvalue weighted by Crippen LogP contribution is -2.14. The highest BCUT2D eigenvalue weighted by atomic mass is 32.2. The van der Waals surface area contributed by atoms with Crippen LogP contribution in [0.15, 0.2) is 30.2 Å². The van der Waals surface area contributed by atoms with Crippen LogP contribution < -0.4 is 10.1 Å². The molecule has 29 heavy (non-hydrogen) atoms. The topological polar surface area (TPSA) is 126 Å². The first-order valence-electron chi connectivity index (χ1n) is 9.10. The number of hydrogen-bond donors (Lipinski definition) is 3. The van der Waals surface area contributed by atoms with E-state index in [1.165, 1.54) is 18.1 Å². The zero-order valence-corrected chi connectivity index (χ0v) is 16.6. The van der Waals surface area contributed by atoms with Crippen LogP contribution in [0.25, 0.3) is 16.6 Å². The number of aromatic amines is 1. The van der Waals surface area contributed by atoms with E-state index in [0.29, 0.717) is 48.0 Å². The lowest BCUT2D eigenvalue weighted by atomic mass is 9.95. The van der Waals surface area contributed by atoms with E-state index in [2.05, 4.69) is 37.0 Å². The van der Waals surface area contributed by atoms with Gasteiger partial charge in [-0.3, -0.25) is 9.89 Å². The summed E-state index contributed by atoms with van der Waals surface area (Å²) in [5.74, 6) is 0.508. The number of carboxylic acids is 1. The third-order valence-corrected chi connectivity index (χ3v) is 5.88. The van der Waals surface area contributed by atoms with Crippen molar-refractivity contribution < 1.29 is 14.6 Å². The molecule has 3 aromatic heterocycles. The summed E-state index contributed by atoms with van der Waals surface area (Å²) in [4.78, 5) is 24.7. The summed E-state index contributed by atoms with van der Waals surface area (Å²) in [5.41, 5.74) is 2.88. The molecule has 0 amide bonds. The van der Waals surface area contributed by atoms with Gasteiger partial charge in [-0.1, -0.05) is 6.58 Å². The summed E-state index contributed by atoms with van der Waals surface area (Å²) in [5, 5.41) is 21.2. The predicted octanol–water partition coefficient (Wildman–Crippen LogP) is 3.49. The summed E-state index contributed by atoms with van der Waals surface area (Å²) in [7, 11) is 1.55. The molecule has 1 aliphatic heterocycles. The maximum atomic E-state index is 11.5. The minimum Gasteiger partial charge on any atom is -0.481 e. The number of ether oxygens (including phenoxy) is 1. The molecule has 4 heterocycles. The number of aromatic nitrogens is 5. The molecule has 3 aromatic rings. The zero-order chi connectivity index (χ0) is 20.4. The minimum atomic E-state index is -0.766. The molecule has 0 saturated heterocycles. The summed E-state index contributed by atoms with van der Waals surface area (Å²) in [6.07, 6.45) is 4.86. The van der Waals surface area contributed by atoms with Crippen LogP contribution in [0.1, 0.15) is 24.8 Å². The number of nitrogens with one attached hydrogen (secondary N) is 2. The molecule has 0 aromatic carbocycles. The first-order valence-corrected chi connectivity index (χ1v) is 10.1. The maximum Gasteiger partial charge on any atom is 0.306 e. The number of anilines is 2. The molecule has 0 spiro atoms. The number of methoxy groups -OCH3 is 1. The minimum absolute atomic E-state index is 0.384. The molecule has 150 valence electrons. The molecule has 1 aliphatic rings. The third-order valence-electron chi connectivity index (χ3n) is 4.85. The van der Waals surface area contributed by atoms with Crippen molar-refractivity contribution in [1.82, 2.24) is 25.1 Å². The number of nitrogens with zero attached hydrogens (tertiary/aromatic N) is 4. The molecule has 0 unspecified atom stereocenters. The number of fused-ring (bicyclic) bond motifs is 2. The van der Waals surface area contributed by atoms with Crippen LogP contribution in [-0.2, 0) is 4.79 Å². The van der Waals surface area contributed by atoms with Gasteiger partial charge in [0.05, 0.1) is 24.8 Å². The molecular formula is C19H20N6O3S. The van der Waals surface area contributed by atoms with Gasteiger partial charge in [0, 0.05) is 11.1 Å². The number of carboxylic acid groups (broad SMARTS) is 1. The Labute approximate surface area is 171 Å². The van der Waals surface area contributed by atoms with Crippen molar-refractivity contribution >= 4 is 45.8 Å². The predicted molar refractivity (Wildman–Crippen MR) is 110 cm³/mol. The largest absolute Gasteiger partial charge is 0.481 e. The number of allylic oxidation sites excluding steroid dienone is 1. The molecule has 0 fully saturated rings. The van der Waals surface area contributed by atoms with E-state index in [9.17, 15) is 9.90 Å². The normalized spacial score (nSPS) is 17.1. The van der Waals surface area contributed by atoms with E-state index in [0.717, 1.165) is 21.5 Å². The van der Waals surface area contributed by atoms with Crippen LogP contribution >= 0.6 is 11.8 Å². The van der Waals surface area contributed by atoms with Gasteiger partial charge in [-0.15, -0.1) is 11.8 Å². The highest BCUT2D eigenvalue weighted by molar-refractivity contribution is 7.99. The zero-order valence-electron chi connectivity index (χ0n) is 15.8. The molecule has 10 heteroatoms. The molecule has 0 bridgehead atoms. The number of H-pyrrole nitrogens is 1. The summed E-state index contributed by atoms with van der Waals surface area (Å²) < 4.78 is 5.41. The van der Waals surface area contributed by atoms with Crippen molar-refractivity contribution in [2.45, 2.75) is 24.3 Å². The van der Waals surface area contributed by atoms with Gasteiger partial charge in [-0.05, 0) is 30.9 Å². The van der Waals surface area contributed by atoms with Crippen LogP contribution in [0, 0.1) is 5.92 Å². The SMILES string of the molecule is C=C1CC[C@H](C(=O)O)CCSc2ncnc(Nc3cc4cn[nH]c4nc3OC)c21. The monoisotopic (exact) mass is 412 g/mol. The molecular weight excluding hydrogens is 392 g/mol. The second kappa shape index (κ2) is 8.08. The van der Waals surface area contributed by atoms with Crippen LogP contribution in [0.5, 0.6) is 5.88 Å². The van der Waals surface area contributed by atoms with Gasteiger partial charge in [0.2, 0.25) is 5.88 Å². The molecule has 9 nitrogen and oxygen atoms in total. The summed E-state index contributed by atoms with van der Waals surface area (Å²) in [6, 6.07) is 1.88. The van der Waals surface area contributed by atoms with E-state index < -0.39 is 5.97 Å². The Morgan fingerprint density at radius 1 is 1.41 bits per heavy atom. The van der Waals surface area contributed by atoms with Crippen LogP contribution in [0.2, 0.25) is 0 Å². The second-order valence-corrected chi connectivity index (χ2v) is 7.78. The van der Waals surface area contributed by atoms with Gasteiger partial charge >= 0.3 is 5.97 Å². The van der Waals surface area contributed by atoms with E-state index in [1.54, 1.807) is 13.3 Å². The molecule has 0 radical (unpaired) electrons. The van der Waals surface area contributed by atoms with Gasteiger partial charge in [0.1, 0.15) is 22.9 Å². The Kier molecular flexibility index (Phi) is 5.34. The van der Waals surface area contributed by atoms with Crippen molar-refractivity contribution in [2.75, 3.05) is 18.2 Å². The lowest BCUT2D eigenvalue weighted by Gasteiger charge is -2.16. The van der Waals surface area contributed by atoms with Gasteiger partial charge in [-0.25, -0.2) is 9.97 Å². The van der Waals surface area contributed by atoms with Crippen LogP contribution in [-0.4, -0.2) is 49.1 Å². The van der Waals surface area contributed by atoms with Gasteiger partial charge < -0.3 is 15.2 Å². The average molecular weight is 412 g/mol. The smallest absolute Gasteiger partial charge is 0.306 e. The number of thioether (sulfide) groups is 1. The fourth-order valence-corrected chi connectivity index (χ4v) is 4.39. The fourth-order valence-electron chi connectivity index (χ4n) is 3.29. The maximum absolute atomic E-state index is 11.5. The Bertz CT molecular complexity index is 1080. The quantitative estimate of drug-likeness (QED) is 0.552. The summed E-state index contributed by atoms with van der Waals surface area (Å²) in [6.45, 7) is 4.19. The van der Waals surface area contributed by atoms with E-state index in [4.69, 9.17) is 4.74 Å².